The zero-order chi connectivity index (χ0) is 15.9. The first-order valence-corrected chi connectivity index (χ1v) is 6.55. The Hall–Kier alpha value is -3.02. The minimum atomic E-state index is -0.692. The first-order valence-electron chi connectivity index (χ1n) is 6.55. The number of para-hydroxylation sites is 2. The van der Waals surface area contributed by atoms with Crippen LogP contribution >= 0.6 is 0 Å². The fourth-order valence-corrected chi connectivity index (χ4v) is 2.37. The highest BCUT2D eigenvalue weighted by Crippen LogP contribution is 2.16. The van der Waals surface area contributed by atoms with Gasteiger partial charge < -0.3 is 9.94 Å². The van der Waals surface area contributed by atoms with E-state index in [1.165, 1.54) is 37.3 Å². The predicted octanol–water partition coefficient (Wildman–Crippen LogP) is 2.58. The summed E-state index contributed by atoms with van der Waals surface area (Å²) < 4.78 is 14.2. The zero-order valence-electron chi connectivity index (χ0n) is 11.6. The van der Waals surface area contributed by atoms with Crippen molar-refractivity contribution in [1.29, 1.82) is 0 Å². The van der Waals surface area contributed by atoms with Gasteiger partial charge in [-0.05, 0) is 25.1 Å². The van der Waals surface area contributed by atoms with Crippen LogP contribution < -0.4 is 4.43 Å². The highest BCUT2D eigenvalue weighted by molar-refractivity contribution is 6.07. The Labute approximate surface area is 124 Å². The number of fused-ring (bicyclic) bond motifs is 1. The van der Waals surface area contributed by atoms with Crippen LogP contribution in [0.4, 0.5) is 4.39 Å². The van der Waals surface area contributed by atoms with Crippen LogP contribution in [0, 0.1) is 22.9 Å². The number of nitrogens with zero attached hydrogens (tertiary/aromatic N) is 2. The molecule has 0 saturated heterocycles. The van der Waals surface area contributed by atoms with Gasteiger partial charge in [0.25, 0.3) is 11.3 Å². The summed E-state index contributed by atoms with van der Waals surface area (Å²) in [5.74, 6) is -1.28. The molecule has 0 fully saturated rings. The number of carbonyl (C=O) groups excluding carboxylic acids is 1. The van der Waals surface area contributed by atoms with E-state index in [0.717, 1.165) is 6.07 Å². The number of hydrogen-bond acceptors (Lipinski definition) is 3. The van der Waals surface area contributed by atoms with E-state index in [2.05, 4.69) is 0 Å². The number of aromatic nitrogens is 2. The van der Waals surface area contributed by atoms with Crippen molar-refractivity contribution >= 4 is 16.8 Å². The van der Waals surface area contributed by atoms with Gasteiger partial charge in [0.1, 0.15) is 11.3 Å². The van der Waals surface area contributed by atoms with E-state index in [-0.39, 0.29) is 28.0 Å². The summed E-state index contributed by atoms with van der Waals surface area (Å²) in [6.07, 6.45) is 0. The van der Waals surface area contributed by atoms with Crippen LogP contribution in [0.1, 0.15) is 21.7 Å². The lowest BCUT2D eigenvalue weighted by Crippen LogP contribution is -2.30. The Kier molecular flexibility index (Phi) is 3.21. The van der Waals surface area contributed by atoms with Crippen LogP contribution in [-0.2, 0) is 0 Å². The molecule has 0 atom stereocenters. The van der Waals surface area contributed by atoms with Crippen LogP contribution in [0.2, 0.25) is 0 Å². The van der Waals surface area contributed by atoms with Crippen molar-refractivity contribution in [3.8, 4) is 0 Å². The van der Waals surface area contributed by atoms with Crippen molar-refractivity contribution in [1.82, 2.24) is 4.73 Å². The molecule has 22 heavy (non-hydrogen) atoms. The molecule has 110 valence electrons. The predicted molar refractivity (Wildman–Crippen MR) is 78.6 cm³/mol. The van der Waals surface area contributed by atoms with Crippen LogP contribution in [-0.4, -0.2) is 10.5 Å². The summed E-state index contributed by atoms with van der Waals surface area (Å²) in [6.45, 7) is 1.39. The molecule has 3 rings (SSSR count). The van der Waals surface area contributed by atoms with Gasteiger partial charge in [0.15, 0.2) is 0 Å². The van der Waals surface area contributed by atoms with E-state index in [1.54, 1.807) is 12.1 Å². The van der Waals surface area contributed by atoms with Crippen LogP contribution in [0.25, 0.3) is 11.0 Å². The zero-order valence-corrected chi connectivity index (χ0v) is 11.6. The van der Waals surface area contributed by atoms with Gasteiger partial charge in [0.05, 0.1) is 10.1 Å². The maximum absolute atomic E-state index is 13.3. The molecule has 1 aromatic heterocycles. The molecule has 0 aliphatic carbocycles. The Balaban J connectivity index is 2.32. The molecule has 0 aliphatic rings. The lowest BCUT2D eigenvalue weighted by molar-refractivity contribution is -0.468. The molecule has 0 aliphatic heterocycles. The van der Waals surface area contributed by atoms with Gasteiger partial charge >= 0.3 is 5.69 Å². The van der Waals surface area contributed by atoms with Gasteiger partial charge in [-0.15, -0.1) is 0 Å². The van der Waals surface area contributed by atoms with E-state index in [0.29, 0.717) is 9.16 Å². The fraction of sp³-hybridized carbons (Fsp3) is 0.0625. The van der Waals surface area contributed by atoms with Crippen LogP contribution in [0.3, 0.4) is 0 Å². The number of rotatable bonds is 2. The first kappa shape index (κ1) is 13.9. The quantitative estimate of drug-likeness (QED) is 0.539. The molecule has 1 heterocycles. The average molecular weight is 298 g/mol. The second-order valence-electron chi connectivity index (χ2n) is 4.85. The van der Waals surface area contributed by atoms with Crippen molar-refractivity contribution in [3.05, 3.63) is 81.4 Å². The van der Waals surface area contributed by atoms with Crippen LogP contribution in [0.5, 0.6) is 0 Å². The number of halogens is 1. The minimum Gasteiger partial charge on any atom is -0.805 e. The molecule has 0 saturated carbocycles. The minimum absolute atomic E-state index is 0.0166. The molecule has 2 aromatic carbocycles. The van der Waals surface area contributed by atoms with Gasteiger partial charge in [0.2, 0.25) is 0 Å². The molecular weight excluding hydrogens is 287 g/mol. The highest BCUT2D eigenvalue weighted by Gasteiger charge is 2.27. The third-order valence-electron chi connectivity index (χ3n) is 3.47. The summed E-state index contributed by atoms with van der Waals surface area (Å²) in [5.41, 5.74) is -0.0566. The standard InChI is InChI=1S/C16H11FN2O3/c1-10-15(16(20)11-5-4-6-12(17)9-11)19(22)14-8-3-2-7-13(14)18(10)21/h2-9H,1H3. The molecule has 5 nitrogen and oxygen atoms in total. The molecule has 0 spiro atoms. The highest BCUT2D eigenvalue weighted by atomic mass is 19.1. The summed E-state index contributed by atoms with van der Waals surface area (Å²) in [4.78, 5) is 24.9. The number of ketones is 1. The monoisotopic (exact) mass is 298 g/mol. The van der Waals surface area contributed by atoms with E-state index >= 15 is 0 Å². The normalized spacial score (nSPS) is 10.8. The SMILES string of the molecule is Cc1c(C(=O)c2cccc(F)c2)[n+](=O)c2ccccc2n1[O-]. The average Bonchev–Trinajstić information content (AvgIpc) is 2.53. The maximum atomic E-state index is 13.3. The number of hydrogen-bond donors (Lipinski definition) is 0. The molecule has 0 amide bonds. The Morgan fingerprint density at radius 2 is 1.91 bits per heavy atom. The molecule has 0 unspecified atom stereocenters. The summed E-state index contributed by atoms with van der Waals surface area (Å²) in [5, 5.41) is 12.2. The molecule has 0 radical (unpaired) electrons. The van der Waals surface area contributed by atoms with Gasteiger partial charge in [-0.3, -0.25) is 4.79 Å². The first-order chi connectivity index (χ1) is 10.5. The van der Waals surface area contributed by atoms with Crippen molar-refractivity contribution in [2.75, 3.05) is 0 Å². The number of benzene rings is 2. The van der Waals surface area contributed by atoms with E-state index in [4.69, 9.17) is 0 Å². The van der Waals surface area contributed by atoms with Crippen molar-refractivity contribution in [2.24, 2.45) is 0 Å². The fourth-order valence-electron chi connectivity index (χ4n) is 2.37. The van der Waals surface area contributed by atoms with Crippen molar-refractivity contribution in [3.63, 3.8) is 0 Å². The number of carbonyl (C=O) groups is 1. The molecule has 6 heteroatoms. The maximum Gasteiger partial charge on any atom is 0.329 e. The Morgan fingerprint density at radius 1 is 1.18 bits per heavy atom. The van der Waals surface area contributed by atoms with Gasteiger partial charge in [-0.2, -0.15) is 0 Å². The lowest BCUT2D eigenvalue weighted by atomic mass is 10.1. The molecule has 0 N–H and O–H groups in total. The smallest absolute Gasteiger partial charge is 0.329 e. The third-order valence-corrected chi connectivity index (χ3v) is 3.47. The van der Waals surface area contributed by atoms with E-state index in [9.17, 15) is 19.3 Å². The summed E-state index contributed by atoms with van der Waals surface area (Å²) in [7, 11) is 0. The van der Waals surface area contributed by atoms with Crippen molar-refractivity contribution in [2.45, 2.75) is 6.92 Å². The van der Waals surface area contributed by atoms with Crippen molar-refractivity contribution < 1.29 is 13.6 Å². The second kappa shape index (κ2) is 5.07. The Morgan fingerprint density at radius 3 is 2.64 bits per heavy atom. The van der Waals surface area contributed by atoms with E-state index < -0.39 is 11.6 Å². The topological polar surface area (TPSA) is 68.0 Å². The molecular formula is C16H11FN2O3. The van der Waals surface area contributed by atoms with Crippen LogP contribution in [0.15, 0.2) is 48.5 Å². The molecule has 0 bridgehead atoms. The summed E-state index contributed by atoms with van der Waals surface area (Å²) >= 11 is 0. The lowest BCUT2D eigenvalue weighted by Gasteiger charge is -2.15. The third kappa shape index (κ3) is 2.05. The van der Waals surface area contributed by atoms with Gasteiger partial charge in [-0.25, -0.2) is 4.39 Å². The Bertz CT molecular complexity index is 963. The largest absolute Gasteiger partial charge is 0.805 e. The van der Waals surface area contributed by atoms with Gasteiger partial charge in [0, 0.05) is 16.5 Å². The van der Waals surface area contributed by atoms with Gasteiger partial charge in [-0.1, -0.05) is 24.3 Å². The summed E-state index contributed by atoms with van der Waals surface area (Å²) in [6, 6.07) is 11.2. The van der Waals surface area contributed by atoms with E-state index in [1.807, 2.05) is 0 Å². The second-order valence-corrected chi connectivity index (χ2v) is 4.85. The molecule has 3 aromatic rings.